The van der Waals surface area contributed by atoms with Crippen LogP contribution in [-0.2, 0) is 4.79 Å². The lowest BCUT2D eigenvalue weighted by molar-refractivity contribution is -0.124. The lowest BCUT2D eigenvalue weighted by atomic mass is 10.0. The molecule has 3 amide bonds. The van der Waals surface area contributed by atoms with Crippen LogP contribution in [0.4, 0.5) is 4.79 Å². The zero-order chi connectivity index (χ0) is 7.84. The van der Waals surface area contributed by atoms with Crippen LogP contribution >= 0.6 is 0 Å². The summed E-state index contributed by atoms with van der Waals surface area (Å²) in [5.41, 5.74) is 0. The number of hydrogen-bond acceptors (Lipinski definition) is 3. The van der Waals surface area contributed by atoms with Crippen molar-refractivity contribution in [2.45, 2.75) is 6.04 Å². The van der Waals surface area contributed by atoms with E-state index in [0.717, 1.165) is 0 Å². The van der Waals surface area contributed by atoms with Gasteiger partial charge in [0.2, 0.25) is 5.91 Å². The number of carbonyl (C=O) groups excluding carboxylic acids is 2. The Labute approximate surface area is 63.5 Å². The van der Waals surface area contributed by atoms with Crippen LogP contribution in [0.1, 0.15) is 0 Å². The van der Waals surface area contributed by atoms with Crippen molar-refractivity contribution in [2.75, 3.05) is 13.1 Å². The summed E-state index contributed by atoms with van der Waals surface area (Å²) < 4.78 is 0. The molecule has 2 aliphatic rings. The topological polar surface area (TPSA) is 70.2 Å². The first-order valence-electron chi connectivity index (χ1n) is 3.59. The van der Waals surface area contributed by atoms with Gasteiger partial charge in [0.15, 0.2) is 0 Å². The smallest absolute Gasteiger partial charge is 0.321 e. The van der Waals surface area contributed by atoms with Crippen LogP contribution < -0.4 is 16.0 Å². The molecule has 60 valence electrons. The molecule has 0 bridgehead atoms. The van der Waals surface area contributed by atoms with E-state index in [0.29, 0.717) is 13.1 Å². The second kappa shape index (κ2) is 2.20. The van der Waals surface area contributed by atoms with Crippen LogP contribution in [0.3, 0.4) is 0 Å². The summed E-state index contributed by atoms with van der Waals surface area (Å²) in [5, 5.41) is 7.94. The van der Waals surface area contributed by atoms with E-state index in [-0.39, 0.29) is 23.9 Å². The maximum absolute atomic E-state index is 11.1. The Kier molecular flexibility index (Phi) is 1.32. The van der Waals surface area contributed by atoms with Crippen LogP contribution in [-0.4, -0.2) is 31.1 Å². The highest BCUT2D eigenvalue weighted by Gasteiger charge is 2.38. The third kappa shape index (κ3) is 0.970. The Bertz CT molecular complexity index is 216. The van der Waals surface area contributed by atoms with E-state index in [1.54, 1.807) is 0 Å². The number of fused-ring (bicyclic) bond motifs is 1. The summed E-state index contributed by atoms with van der Waals surface area (Å²) in [4.78, 5) is 21.8. The van der Waals surface area contributed by atoms with Gasteiger partial charge in [-0.05, 0) is 0 Å². The summed E-state index contributed by atoms with van der Waals surface area (Å²) in [6.45, 7) is 1.36. The van der Waals surface area contributed by atoms with E-state index in [1.165, 1.54) is 0 Å². The molecule has 0 radical (unpaired) electrons. The molecule has 5 nitrogen and oxygen atoms in total. The molecule has 0 saturated carbocycles. The molecular weight excluding hydrogens is 146 g/mol. The van der Waals surface area contributed by atoms with Crippen molar-refractivity contribution < 1.29 is 9.59 Å². The zero-order valence-corrected chi connectivity index (χ0v) is 5.89. The minimum absolute atomic E-state index is 0.00347. The van der Waals surface area contributed by atoms with E-state index >= 15 is 0 Å². The van der Waals surface area contributed by atoms with Gasteiger partial charge in [-0.2, -0.15) is 0 Å². The Balaban J connectivity index is 2.16. The third-order valence-electron chi connectivity index (χ3n) is 2.10. The van der Waals surface area contributed by atoms with E-state index < -0.39 is 0 Å². The SMILES string of the molecule is O=C1NC(=O)[C@H]2CNC[C@H]2N1. The maximum Gasteiger partial charge on any atom is 0.321 e. The van der Waals surface area contributed by atoms with Crippen molar-refractivity contribution in [1.82, 2.24) is 16.0 Å². The van der Waals surface area contributed by atoms with Crippen molar-refractivity contribution in [3.63, 3.8) is 0 Å². The predicted octanol–water partition coefficient (Wildman–Crippen LogP) is -1.59. The van der Waals surface area contributed by atoms with E-state index in [1.807, 2.05) is 0 Å². The Hall–Kier alpha value is -1.10. The molecule has 2 fully saturated rings. The van der Waals surface area contributed by atoms with Gasteiger partial charge in [0, 0.05) is 13.1 Å². The van der Waals surface area contributed by atoms with Gasteiger partial charge < -0.3 is 10.6 Å². The lowest BCUT2D eigenvalue weighted by Crippen LogP contribution is -2.57. The van der Waals surface area contributed by atoms with Crippen LogP contribution in [0.2, 0.25) is 0 Å². The molecule has 5 heteroatoms. The van der Waals surface area contributed by atoms with Gasteiger partial charge in [0.05, 0.1) is 12.0 Å². The first-order chi connectivity index (χ1) is 5.27. The third-order valence-corrected chi connectivity index (χ3v) is 2.10. The van der Waals surface area contributed by atoms with Gasteiger partial charge in [0.25, 0.3) is 0 Å². The van der Waals surface area contributed by atoms with Crippen LogP contribution in [0.25, 0.3) is 0 Å². The van der Waals surface area contributed by atoms with Gasteiger partial charge in [-0.25, -0.2) is 4.79 Å². The van der Waals surface area contributed by atoms with Gasteiger partial charge >= 0.3 is 6.03 Å². The highest BCUT2D eigenvalue weighted by Crippen LogP contribution is 2.11. The average Bonchev–Trinajstić information content (AvgIpc) is 2.34. The van der Waals surface area contributed by atoms with Crippen molar-refractivity contribution >= 4 is 11.9 Å². The molecule has 0 unspecified atom stereocenters. The molecule has 0 aromatic carbocycles. The maximum atomic E-state index is 11.1. The molecule has 2 rings (SSSR count). The monoisotopic (exact) mass is 155 g/mol. The molecule has 11 heavy (non-hydrogen) atoms. The fourth-order valence-corrected chi connectivity index (χ4v) is 1.51. The molecule has 0 aromatic rings. The average molecular weight is 155 g/mol. The molecule has 2 saturated heterocycles. The van der Waals surface area contributed by atoms with Crippen LogP contribution in [0, 0.1) is 5.92 Å². The summed E-state index contributed by atoms with van der Waals surface area (Å²) in [6.07, 6.45) is 0. The summed E-state index contributed by atoms with van der Waals surface area (Å²) in [5.74, 6) is -0.239. The second-order valence-corrected chi connectivity index (χ2v) is 2.83. The quantitative estimate of drug-likeness (QED) is 0.395. The Morgan fingerprint density at radius 1 is 1.27 bits per heavy atom. The number of amides is 3. The number of imide groups is 1. The molecule has 2 aliphatic heterocycles. The van der Waals surface area contributed by atoms with Gasteiger partial charge in [-0.1, -0.05) is 0 Å². The predicted molar refractivity (Wildman–Crippen MR) is 36.8 cm³/mol. The number of carbonyl (C=O) groups is 2. The van der Waals surface area contributed by atoms with E-state index in [4.69, 9.17) is 0 Å². The summed E-state index contributed by atoms with van der Waals surface area (Å²) >= 11 is 0. The molecule has 2 atom stereocenters. The fraction of sp³-hybridized carbons (Fsp3) is 0.667. The normalized spacial score (nSPS) is 36.0. The lowest BCUT2D eigenvalue weighted by Gasteiger charge is -2.24. The van der Waals surface area contributed by atoms with Gasteiger partial charge in [-0.15, -0.1) is 0 Å². The van der Waals surface area contributed by atoms with Gasteiger partial charge in [-0.3, -0.25) is 10.1 Å². The summed E-state index contributed by atoms with van der Waals surface area (Å²) in [7, 11) is 0. The van der Waals surface area contributed by atoms with E-state index in [2.05, 4.69) is 16.0 Å². The first-order valence-corrected chi connectivity index (χ1v) is 3.59. The van der Waals surface area contributed by atoms with Crippen LogP contribution in [0.5, 0.6) is 0 Å². The zero-order valence-electron chi connectivity index (χ0n) is 5.89. The molecule has 2 heterocycles. The van der Waals surface area contributed by atoms with E-state index in [9.17, 15) is 9.59 Å². The van der Waals surface area contributed by atoms with Crippen molar-refractivity contribution in [1.29, 1.82) is 0 Å². The Morgan fingerprint density at radius 3 is 2.91 bits per heavy atom. The molecule has 0 aromatic heterocycles. The Morgan fingerprint density at radius 2 is 2.09 bits per heavy atom. The summed E-state index contributed by atoms with van der Waals surface area (Å²) in [6, 6.07) is -0.379. The minimum atomic E-state index is -0.375. The van der Waals surface area contributed by atoms with Crippen molar-refractivity contribution in [3.05, 3.63) is 0 Å². The number of urea groups is 1. The standard InChI is InChI=1S/C6H9N3O2/c10-5-3-1-7-2-4(3)8-6(11)9-5/h3-4,7H,1-2H2,(H2,8,9,10,11)/t3-,4+/m0/s1. The fourth-order valence-electron chi connectivity index (χ4n) is 1.51. The van der Waals surface area contributed by atoms with Crippen molar-refractivity contribution in [2.24, 2.45) is 5.92 Å². The van der Waals surface area contributed by atoms with Crippen LogP contribution in [0.15, 0.2) is 0 Å². The van der Waals surface area contributed by atoms with Crippen molar-refractivity contribution in [3.8, 4) is 0 Å². The minimum Gasteiger partial charge on any atom is -0.333 e. The van der Waals surface area contributed by atoms with Gasteiger partial charge in [0.1, 0.15) is 0 Å². The second-order valence-electron chi connectivity index (χ2n) is 2.83. The highest BCUT2D eigenvalue weighted by atomic mass is 16.2. The first kappa shape index (κ1) is 6.60. The molecular formula is C6H9N3O2. The number of rotatable bonds is 0. The molecule has 0 aliphatic carbocycles. The molecule has 3 N–H and O–H groups in total. The molecule has 0 spiro atoms. The largest absolute Gasteiger partial charge is 0.333 e. The number of hydrogen-bond donors (Lipinski definition) is 3. The number of nitrogens with one attached hydrogen (secondary N) is 3. The highest BCUT2D eigenvalue weighted by molar-refractivity contribution is 5.98.